The minimum absolute atomic E-state index is 0.628. The van der Waals surface area contributed by atoms with Gasteiger partial charge in [-0.1, -0.05) is 152 Å². The van der Waals surface area contributed by atoms with E-state index in [2.05, 4.69) is 115 Å². The van der Waals surface area contributed by atoms with Gasteiger partial charge in [0.05, 0.1) is 0 Å². The third-order valence-corrected chi connectivity index (χ3v) is 9.71. The van der Waals surface area contributed by atoms with Crippen LogP contribution >= 0.6 is 0 Å². The summed E-state index contributed by atoms with van der Waals surface area (Å²) in [7, 11) is 0. The van der Waals surface area contributed by atoms with E-state index < -0.39 is 0 Å². The molecule has 4 heteroatoms. The zero-order valence-electron chi connectivity index (χ0n) is 27.5. The van der Waals surface area contributed by atoms with E-state index in [1.807, 2.05) is 60.7 Å². The first kappa shape index (κ1) is 29.0. The lowest BCUT2D eigenvalue weighted by atomic mass is 9.93. The highest BCUT2D eigenvalue weighted by molar-refractivity contribution is 6.19. The normalized spacial score (nSPS) is 11.5. The van der Waals surface area contributed by atoms with Crippen LogP contribution in [0.15, 0.2) is 180 Å². The van der Waals surface area contributed by atoms with Crippen molar-refractivity contribution in [2.24, 2.45) is 0 Å². The number of benzene rings is 8. The monoisotopic (exact) mass is 651 g/mol. The molecule has 0 radical (unpaired) electrons. The van der Waals surface area contributed by atoms with E-state index in [4.69, 9.17) is 19.4 Å². The summed E-state index contributed by atoms with van der Waals surface area (Å²) in [6.07, 6.45) is 0. The molecule has 0 bridgehead atoms. The van der Waals surface area contributed by atoms with Crippen LogP contribution in [-0.4, -0.2) is 15.0 Å². The van der Waals surface area contributed by atoms with Crippen molar-refractivity contribution in [1.82, 2.24) is 15.0 Å². The molecule has 0 atom stereocenters. The molecule has 0 N–H and O–H groups in total. The van der Waals surface area contributed by atoms with E-state index in [0.29, 0.717) is 17.5 Å². The van der Waals surface area contributed by atoms with Gasteiger partial charge in [-0.25, -0.2) is 15.0 Å². The molecule has 0 saturated heterocycles. The van der Waals surface area contributed by atoms with Crippen molar-refractivity contribution in [3.05, 3.63) is 176 Å². The van der Waals surface area contributed by atoms with Crippen LogP contribution < -0.4 is 0 Å². The molecule has 51 heavy (non-hydrogen) atoms. The van der Waals surface area contributed by atoms with Crippen LogP contribution in [0.5, 0.6) is 0 Å². The van der Waals surface area contributed by atoms with Gasteiger partial charge in [0.15, 0.2) is 17.5 Å². The fraction of sp³-hybridized carbons (Fsp3) is 0. The first-order valence-electron chi connectivity index (χ1n) is 17.1. The van der Waals surface area contributed by atoms with E-state index >= 15 is 0 Å². The zero-order chi connectivity index (χ0) is 33.7. The summed E-state index contributed by atoms with van der Waals surface area (Å²) in [5.41, 5.74) is 9.15. The van der Waals surface area contributed by atoms with E-state index in [1.54, 1.807) is 0 Å². The van der Waals surface area contributed by atoms with Crippen LogP contribution in [0.4, 0.5) is 0 Å². The predicted molar refractivity (Wildman–Crippen MR) is 209 cm³/mol. The Hall–Kier alpha value is -6.91. The number of aromatic nitrogens is 3. The predicted octanol–water partition coefficient (Wildman–Crippen LogP) is 12.4. The van der Waals surface area contributed by atoms with E-state index in [-0.39, 0.29) is 0 Å². The topological polar surface area (TPSA) is 51.8 Å². The lowest BCUT2D eigenvalue weighted by Gasteiger charge is -2.11. The summed E-state index contributed by atoms with van der Waals surface area (Å²) in [5.74, 6) is 1.91. The number of furan rings is 1. The molecule has 0 unspecified atom stereocenters. The summed E-state index contributed by atoms with van der Waals surface area (Å²) >= 11 is 0. The average Bonchev–Trinajstić information content (AvgIpc) is 3.59. The van der Waals surface area contributed by atoms with E-state index in [9.17, 15) is 0 Å². The summed E-state index contributed by atoms with van der Waals surface area (Å²) in [5, 5.41) is 6.85. The lowest BCUT2D eigenvalue weighted by molar-refractivity contribution is 0.673. The van der Waals surface area contributed by atoms with Crippen LogP contribution in [0.2, 0.25) is 0 Å². The molecule has 4 nitrogen and oxygen atoms in total. The largest absolute Gasteiger partial charge is 0.455 e. The molecule has 10 aromatic rings. The molecule has 10 rings (SSSR count). The zero-order valence-corrected chi connectivity index (χ0v) is 27.5. The van der Waals surface area contributed by atoms with Crippen molar-refractivity contribution in [3.63, 3.8) is 0 Å². The fourth-order valence-corrected chi connectivity index (χ4v) is 7.25. The summed E-state index contributed by atoms with van der Waals surface area (Å²) in [6, 6.07) is 61.1. The van der Waals surface area contributed by atoms with Gasteiger partial charge in [0.2, 0.25) is 0 Å². The van der Waals surface area contributed by atoms with Gasteiger partial charge in [0, 0.05) is 32.8 Å². The second kappa shape index (κ2) is 11.9. The minimum atomic E-state index is 0.628. The molecule has 8 aromatic carbocycles. The van der Waals surface area contributed by atoms with Gasteiger partial charge in [-0.15, -0.1) is 0 Å². The molecule has 0 amide bonds. The number of rotatable bonds is 5. The Kier molecular flexibility index (Phi) is 6.78. The van der Waals surface area contributed by atoms with Crippen LogP contribution in [0.25, 0.3) is 99.9 Å². The fourth-order valence-electron chi connectivity index (χ4n) is 7.25. The van der Waals surface area contributed by atoms with Crippen molar-refractivity contribution in [3.8, 4) is 56.4 Å². The molecule has 0 spiro atoms. The number of nitrogens with zero attached hydrogens (tertiary/aromatic N) is 3. The van der Waals surface area contributed by atoms with Crippen LogP contribution in [0.3, 0.4) is 0 Å². The maximum Gasteiger partial charge on any atom is 0.164 e. The molecule has 2 heterocycles. The van der Waals surface area contributed by atoms with E-state index in [0.717, 1.165) is 66.1 Å². The van der Waals surface area contributed by atoms with Gasteiger partial charge in [-0.2, -0.15) is 0 Å². The second-order valence-corrected chi connectivity index (χ2v) is 12.8. The Morgan fingerprint density at radius 3 is 1.61 bits per heavy atom. The molecule has 2 aromatic heterocycles. The second-order valence-electron chi connectivity index (χ2n) is 12.8. The SMILES string of the molecule is c1ccc(-c2nc(-c3ccccc3)nc(-c3cccc(-c4cc5c6cc(-c7cccc8ccccc78)ccc6oc5c5ccccc45)c3)n2)cc1. The molecule has 0 aliphatic rings. The van der Waals surface area contributed by atoms with Gasteiger partial charge in [0.1, 0.15) is 11.2 Å². The number of hydrogen-bond acceptors (Lipinski definition) is 4. The maximum absolute atomic E-state index is 6.61. The molecule has 0 saturated carbocycles. The highest BCUT2D eigenvalue weighted by atomic mass is 16.3. The third-order valence-electron chi connectivity index (χ3n) is 9.71. The lowest BCUT2D eigenvalue weighted by Crippen LogP contribution is -2.00. The highest BCUT2D eigenvalue weighted by Crippen LogP contribution is 2.42. The minimum Gasteiger partial charge on any atom is -0.455 e. The number of fused-ring (bicyclic) bond motifs is 6. The Morgan fingerprint density at radius 1 is 0.314 bits per heavy atom. The van der Waals surface area contributed by atoms with Crippen LogP contribution in [0.1, 0.15) is 0 Å². The molecule has 238 valence electrons. The Bertz CT molecular complexity index is 2850. The highest BCUT2D eigenvalue weighted by Gasteiger charge is 2.18. The molecule has 0 aliphatic carbocycles. The van der Waals surface area contributed by atoms with Gasteiger partial charge >= 0.3 is 0 Å². The van der Waals surface area contributed by atoms with E-state index in [1.165, 1.54) is 16.3 Å². The quantitative estimate of drug-likeness (QED) is 0.186. The van der Waals surface area contributed by atoms with Gasteiger partial charge in [-0.05, 0) is 62.7 Å². The smallest absolute Gasteiger partial charge is 0.164 e. The Morgan fingerprint density at radius 2 is 0.863 bits per heavy atom. The molecule has 0 aliphatic heterocycles. The first-order valence-corrected chi connectivity index (χ1v) is 17.1. The summed E-state index contributed by atoms with van der Waals surface area (Å²) in [6.45, 7) is 0. The van der Waals surface area contributed by atoms with Crippen LogP contribution in [0, 0.1) is 0 Å². The third kappa shape index (κ3) is 5.04. The standard InChI is InChI=1S/C47H29N3O/c1-3-14-31(15-4-1)45-48-46(32-16-5-2-6-17-32)50-47(49-45)35-20-11-19-33(27-35)40-29-42-41-28-34(37-24-12-18-30-13-7-8-21-36(30)37)25-26-43(41)51-44(42)39-23-10-9-22-38(39)40/h1-29H. The Labute approximate surface area is 294 Å². The number of hydrogen-bond donors (Lipinski definition) is 0. The first-order chi connectivity index (χ1) is 25.3. The van der Waals surface area contributed by atoms with Gasteiger partial charge in [-0.3, -0.25) is 0 Å². The summed E-state index contributed by atoms with van der Waals surface area (Å²) < 4.78 is 6.61. The van der Waals surface area contributed by atoms with Gasteiger partial charge < -0.3 is 4.42 Å². The molecular formula is C47H29N3O. The van der Waals surface area contributed by atoms with Crippen molar-refractivity contribution in [1.29, 1.82) is 0 Å². The summed E-state index contributed by atoms with van der Waals surface area (Å²) in [4.78, 5) is 14.9. The van der Waals surface area contributed by atoms with Crippen molar-refractivity contribution in [2.45, 2.75) is 0 Å². The molecule has 0 fully saturated rings. The maximum atomic E-state index is 6.61. The van der Waals surface area contributed by atoms with Crippen LogP contribution in [-0.2, 0) is 0 Å². The van der Waals surface area contributed by atoms with Crippen molar-refractivity contribution in [2.75, 3.05) is 0 Å². The van der Waals surface area contributed by atoms with Crippen molar-refractivity contribution < 1.29 is 4.42 Å². The van der Waals surface area contributed by atoms with Gasteiger partial charge in [0.25, 0.3) is 0 Å². The Balaban J connectivity index is 1.16. The van der Waals surface area contributed by atoms with Crippen molar-refractivity contribution >= 4 is 43.5 Å². The average molecular weight is 652 g/mol. The molecular weight excluding hydrogens is 623 g/mol.